The highest BCUT2D eigenvalue weighted by Gasteiger charge is 2.18. The van der Waals surface area contributed by atoms with Crippen molar-refractivity contribution in [1.82, 2.24) is 4.90 Å². The molecule has 0 N–H and O–H groups in total. The lowest BCUT2D eigenvalue weighted by Crippen LogP contribution is -2.29. The maximum absolute atomic E-state index is 5.45. The first-order valence-corrected chi connectivity index (χ1v) is 8.03. The second-order valence-corrected chi connectivity index (χ2v) is 6.70. The van der Waals surface area contributed by atoms with Gasteiger partial charge in [0.25, 0.3) is 0 Å². The molecule has 2 nitrogen and oxygen atoms in total. The van der Waals surface area contributed by atoms with Crippen LogP contribution in [0.15, 0.2) is 34.1 Å². The molecule has 1 aliphatic rings. The summed E-state index contributed by atoms with van der Waals surface area (Å²) in [5.74, 6) is 0.972. The fourth-order valence-electron chi connectivity index (χ4n) is 2.55. The molecule has 100 valence electrons. The highest BCUT2D eigenvalue weighted by Crippen LogP contribution is 2.28. The number of ether oxygens (including phenoxy) is 1. The predicted octanol–water partition coefficient (Wildman–Crippen LogP) is 4.08. The van der Waals surface area contributed by atoms with Gasteiger partial charge in [-0.15, -0.1) is 11.3 Å². The van der Waals surface area contributed by atoms with Crippen LogP contribution in [0, 0.1) is 0 Å². The Morgan fingerprint density at radius 3 is 3.11 bits per heavy atom. The Kier molecular flexibility index (Phi) is 3.91. The van der Waals surface area contributed by atoms with E-state index in [4.69, 9.17) is 4.74 Å². The van der Waals surface area contributed by atoms with Crippen LogP contribution in [0.3, 0.4) is 0 Å². The van der Waals surface area contributed by atoms with E-state index in [1.807, 2.05) is 23.5 Å². The van der Waals surface area contributed by atoms with E-state index in [1.54, 1.807) is 12.0 Å². The first kappa shape index (κ1) is 13.2. The Morgan fingerprint density at radius 1 is 1.37 bits per heavy atom. The highest BCUT2D eigenvalue weighted by atomic mass is 79.9. The summed E-state index contributed by atoms with van der Waals surface area (Å²) < 4.78 is 6.56. The van der Waals surface area contributed by atoms with Crippen LogP contribution in [-0.2, 0) is 19.5 Å². The summed E-state index contributed by atoms with van der Waals surface area (Å²) >= 11 is 5.42. The summed E-state index contributed by atoms with van der Waals surface area (Å²) in [5.41, 5.74) is 2.74. The second kappa shape index (κ2) is 5.65. The molecule has 1 aromatic carbocycles. The van der Waals surface area contributed by atoms with Gasteiger partial charge in [0.15, 0.2) is 0 Å². The van der Waals surface area contributed by atoms with Crippen LogP contribution in [-0.4, -0.2) is 18.6 Å². The van der Waals surface area contributed by atoms with Gasteiger partial charge in [0.2, 0.25) is 0 Å². The van der Waals surface area contributed by atoms with Gasteiger partial charge in [0, 0.05) is 34.5 Å². The van der Waals surface area contributed by atoms with Gasteiger partial charge in [0.1, 0.15) is 5.75 Å². The van der Waals surface area contributed by atoms with Crippen LogP contribution in [0.5, 0.6) is 5.75 Å². The van der Waals surface area contributed by atoms with Crippen LogP contribution >= 0.6 is 27.3 Å². The molecule has 0 fully saturated rings. The molecule has 1 aromatic heterocycles. The molecule has 0 saturated heterocycles. The molecule has 0 bridgehead atoms. The molecule has 3 rings (SSSR count). The van der Waals surface area contributed by atoms with Crippen molar-refractivity contribution in [3.05, 3.63) is 50.1 Å². The molecule has 0 spiro atoms. The minimum atomic E-state index is 0.942. The van der Waals surface area contributed by atoms with Crippen LogP contribution in [0.1, 0.15) is 16.0 Å². The molecule has 0 saturated carbocycles. The largest absolute Gasteiger partial charge is 0.496 e. The van der Waals surface area contributed by atoms with Gasteiger partial charge in [-0.25, -0.2) is 0 Å². The summed E-state index contributed by atoms with van der Waals surface area (Å²) in [6, 6.07) is 8.46. The van der Waals surface area contributed by atoms with Crippen molar-refractivity contribution in [3.8, 4) is 5.75 Å². The SMILES string of the molecule is COc1ccc(Br)cc1CN1CCc2sccc2C1. The van der Waals surface area contributed by atoms with Crippen molar-refractivity contribution in [1.29, 1.82) is 0 Å². The smallest absolute Gasteiger partial charge is 0.123 e. The summed E-state index contributed by atoms with van der Waals surface area (Å²) in [5, 5.41) is 2.20. The van der Waals surface area contributed by atoms with Crippen molar-refractivity contribution in [2.24, 2.45) is 0 Å². The molecule has 0 radical (unpaired) electrons. The highest BCUT2D eigenvalue weighted by molar-refractivity contribution is 9.10. The van der Waals surface area contributed by atoms with E-state index in [1.165, 1.54) is 17.5 Å². The average molecular weight is 338 g/mol. The van der Waals surface area contributed by atoms with Crippen molar-refractivity contribution in [2.45, 2.75) is 19.5 Å². The molecule has 0 unspecified atom stereocenters. The fraction of sp³-hybridized carbons (Fsp3) is 0.333. The van der Waals surface area contributed by atoms with E-state index in [0.717, 1.165) is 29.9 Å². The minimum absolute atomic E-state index is 0.942. The van der Waals surface area contributed by atoms with Crippen LogP contribution in [0.25, 0.3) is 0 Å². The number of halogens is 1. The Bertz CT molecular complexity index is 581. The van der Waals surface area contributed by atoms with Crippen LogP contribution < -0.4 is 4.74 Å². The first-order valence-electron chi connectivity index (χ1n) is 6.36. The molecule has 0 aliphatic carbocycles. The number of fused-ring (bicyclic) bond motifs is 1. The van der Waals surface area contributed by atoms with E-state index >= 15 is 0 Å². The van der Waals surface area contributed by atoms with Gasteiger partial charge < -0.3 is 4.74 Å². The fourth-order valence-corrected chi connectivity index (χ4v) is 3.85. The third kappa shape index (κ3) is 2.86. The van der Waals surface area contributed by atoms with E-state index < -0.39 is 0 Å². The van der Waals surface area contributed by atoms with Gasteiger partial charge in [-0.3, -0.25) is 4.90 Å². The van der Waals surface area contributed by atoms with Crippen molar-refractivity contribution >= 4 is 27.3 Å². The van der Waals surface area contributed by atoms with Gasteiger partial charge in [-0.2, -0.15) is 0 Å². The van der Waals surface area contributed by atoms with Crippen LogP contribution in [0.4, 0.5) is 0 Å². The minimum Gasteiger partial charge on any atom is -0.496 e. The Morgan fingerprint density at radius 2 is 2.26 bits per heavy atom. The molecule has 19 heavy (non-hydrogen) atoms. The summed E-state index contributed by atoms with van der Waals surface area (Å²) in [6.07, 6.45) is 1.17. The number of benzene rings is 1. The maximum atomic E-state index is 5.45. The van der Waals surface area contributed by atoms with Gasteiger partial charge in [0.05, 0.1) is 7.11 Å². The topological polar surface area (TPSA) is 12.5 Å². The average Bonchev–Trinajstić information content (AvgIpc) is 2.86. The Balaban J connectivity index is 1.77. The second-order valence-electron chi connectivity index (χ2n) is 4.79. The zero-order chi connectivity index (χ0) is 13.2. The number of hydrogen-bond acceptors (Lipinski definition) is 3. The number of hydrogen-bond donors (Lipinski definition) is 0. The summed E-state index contributed by atoms with van der Waals surface area (Å²) in [4.78, 5) is 4.04. The normalized spacial score (nSPS) is 15.3. The van der Waals surface area contributed by atoms with Gasteiger partial charge in [-0.05, 0) is 41.6 Å². The first-order chi connectivity index (χ1) is 9.26. The van der Waals surface area contributed by atoms with Gasteiger partial charge >= 0.3 is 0 Å². The maximum Gasteiger partial charge on any atom is 0.123 e. The Labute approximate surface area is 126 Å². The summed E-state index contributed by atoms with van der Waals surface area (Å²) in [6.45, 7) is 3.12. The lowest BCUT2D eigenvalue weighted by molar-refractivity contribution is 0.243. The lowest BCUT2D eigenvalue weighted by atomic mass is 10.1. The lowest BCUT2D eigenvalue weighted by Gasteiger charge is -2.27. The van der Waals surface area contributed by atoms with E-state index in [-0.39, 0.29) is 0 Å². The molecule has 1 aliphatic heterocycles. The molecule has 2 aromatic rings. The standard InChI is InChI=1S/C15H16BrNOS/c1-18-14-3-2-13(16)8-12(14)10-17-6-4-15-11(9-17)5-7-19-15/h2-3,5,7-8H,4,6,9-10H2,1H3. The molecule has 0 amide bonds. The van der Waals surface area contributed by atoms with Crippen molar-refractivity contribution in [2.75, 3.05) is 13.7 Å². The van der Waals surface area contributed by atoms with E-state index in [0.29, 0.717) is 0 Å². The Hall–Kier alpha value is -0.840. The number of thiophene rings is 1. The molecular weight excluding hydrogens is 322 g/mol. The quantitative estimate of drug-likeness (QED) is 0.836. The van der Waals surface area contributed by atoms with Crippen LogP contribution in [0.2, 0.25) is 0 Å². The zero-order valence-corrected chi connectivity index (χ0v) is 13.3. The molecule has 2 heterocycles. The number of rotatable bonds is 3. The van der Waals surface area contributed by atoms with E-state index in [2.05, 4.69) is 38.3 Å². The third-order valence-corrected chi connectivity index (χ3v) is 5.04. The molecular formula is C15H16BrNOS. The zero-order valence-electron chi connectivity index (χ0n) is 10.9. The number of nitrogens with zero attached hydrogens (tertiary/aromatic N) is 1. The van der Waals surface area contributed by atoms with Crippen molar-refractivity contribution < 1.29 is 4.74 Å². The molecule has 0 atom stereocenters. The monoisotopic (exact) mass is 337 g/mol. The van der Waals surface area contributed by atoms with Gasteiger partial charge in [-0.1, -0.05) is 15.9 Å². The summed E-state index contributed by atoms with van der Waals surface area (Å²) in [7, 11) is 1.74. The predicted molar refractivity (Wildman–Crippen MR) is 82.8 cm³/mol. The third-order valence-electron chi connectivity index (χ3n) is 3.52. The molecule has 4 heteroatoms. The van der Waals surface area contributed by atoms with E-state index in [9.17, 15) is 0 Å². The van der Waals surface area contributed by atoms with Crippen molar-refractivity contribution in [3.63, 3.8) is 0 Å². The number of methoxy groups -OCH3 is 1.